The van der Waals surface area contributed by atoms with Crippen molar-refractivity contribution in [2.24, 2.45) is 0 Å². The SMILES string of the molecule is Nc1nccc(C2O[C@H](CO)[C@@H](O)[C@H]2O)n1. The number of aromatic nitrogens is 2. The minimum absolute atomic E-state index is 0.0650. The van der Waals surface area contributed by atoms with Gasteiger partial charge in [-0.2, -0.15) is 0 Å². The molecule has 88 valence electrons. The summed E-state index contributed by atoms with van der Waals surface area (Å²) in [5.74, 6) is 0.0650. The fraction of sp³-hybridized carbons (Fsp3) is 0.556. The van der Waals surface area contributed by atoms with Crippen molar-refractivity contribution in [2.75, 3.05) is 12.3 Å². The molecule has 0 spiro atoms. The number of aliphatic hydroxyl groups excluding tert-OH is 3. The van der Waals surface area contributed by atoms with E-state index in [1.54, 1.807) is 0 Å². The Hall–Kier alpha value is -1.28. The Morgan fingerprint density at radius 2 is 2.12 bits per heavy atom. The van der Waals surface area contributed by atoms with Crippen LogP contribution in [0.5, 0.6) is 0 Å². The number of ether oxygens (including phenoxy) is 1. The van der Waals surface area contributed by atoms with E-state index in [0.29, 0.717) is 5.69 Å². The Morgan fingerprint density at radius 1 is 1.38 bits per heavy atom. The molecule has 1 unspecified atom stereocenters. The fourth-order valence-electron chi connectivity index (χ4n) is 1.69. The lowest BCUT2D eigenvalue weighted by Crippen LogP contribution is -2.32. The molecular weight excluding hydrogens is 214 g/mol. The van der Waals surface area contributed by atoms with Crippen LogP contribution in [0.4, 0.5) is 5.95 Å². The van der Waals surface area contributed by atoms with Crippen LogP contribution in [0, 0.1) is 0 Å². The van der Waals surface area contributed by atoms with Crippen LogP contribution in [-0.4, -0.2) is 50.2 Å². The van der Waals surface area contributed by atoms with E-state index in [2.05, 4.69) is 9.97 Å². The second-order valence-corrected chi connectivity index (χ2v) is 3.60. The van der Waals surface area contributed by atoms with E-state index < -0.39 is 24.4 Å². The predicted molar refractivity (Wildman–Crippen MR) is 53.2 cm³/mol. The largest absolute Gasteiger partial charge is 0.394 e. The number of rotatable bonds is 2. The van der Waals surface area contributed by atoms with Gasteiger partial charge < -0.3 is 25.8 Å². The van der Waals surface area contributed by atoms with Crippen LogP contribution in [0.2, 0.25) is 0 Å². The molecule has 0 amide bonds. The van der Waals surface area contributed by atoms with Crippen LogP contribution in [0.25, 0.3) is 0 Å². The Bertz CT molecular complexity index is 376. The lowest BCUT2D eigenvalue weighted by Gasteiger charge is -2.13. The second kappa shape index (κ2) is 4.30. The van der Waals surface area contributed by atoms with Crippen LogP contribution in [0.15, 0.2) is 12.3 Å². The number of hydrogen-bond donors (Lipinski definition) is 4. The van der Waals surface area contributed by atoms with E-state index in [1.807, 2.05) is 0 Å². The Morgan fingerprint density at radius 3 is 2.69 bits per heavy atom. The summed E-state index contributed by atoms with van der Waals surface area (Å²) >= 11 is 0. The summed E-state index contributed by atoms with van der Waals surface area (Å²) in [6, 6.07) is 1.54. The number of nitrogens with zero attached hydrogens (tertiary/aromatic N) is 2. The second-order valence-electron chi connectivity index (χ2n) is 3.60. The van der Waals surface area contributed by atoms with Gasteiger partial charge in [0.25, 0.3) is 0 Å². The molecule has 2 rings (SSSR count). The summed E-state index contributed by atoms with van der Waals surface area (Å²) in [7, 11) is 0. The van der Waals surface area contributed by atoms with Crippen molar-refractivity contribution in [2.45, 2.75) is 24.4 Å². The molecule has 4 atom stereocenters. The molecule has 7 nitrogen and oxygen atoms in total. The average molecular weight is 227 g/mol. The van der Waals surface area contributed by atoms with E-state index in [-0.39, 0.29) is 12.6 Å². The fourth-order valence-corrected chi connectivity index (χ4v) is 1.69. The van der Waals surface area contributed by atoms with Crippen molar-refractivity contribution in [3.05, 3.63) is 18.0 Å². The van der Waals surface area contributed by atoms with Gasteiger partial charge in [-0.1, -0.05) is 0 Å². The third-order valence-corrected chi connectivity index (χ3v) is 2.53. The summed E-state index contributed by atoms with van der Waals surface area (Å²) in [6.07, 6.45) is -2.43. The van der Waals surface area contributed by atoms with E-state index in [1.165, 1.54) is 12.3 Å². The molecule has 0 aliphatic carbocycles. The molecule has 16 heavy (non-hydrogen) atoms. The topological polar surface area (TPSA) is 122 Å². The highest BCUT2D eigenvalue weighted by molar-refractivity contribution is 5.20. The Kier molecular flexibility index (Phi) is 3.01. The van der Waals surface area contributed by atoms with Gasteiger partial charge in [-0.3, -0.25) is 0 Å². The van der Waals surface area contributed by atoms with Gasteiger partial charge >= 0.3 is 0 Å². The predicted octanol–water partition coefficient (Wildman–Crippen LogP) is -1.79. The third kappa shape index (κ3) is 1.85. The molecule has 0 aromatic carbocycles. The van der Waals surface area contributed by atoms with E-state index in [4.69, 9.17) is 15.6 Å². The summed E-state index contributed by atoms with van der Waals surface area (Å²) in [5, 5.41) is 28.2. The van der Waals surface area contributed by atoms with Gasteiger partial charge in [0.2, 0.25) is 5.95 Å². The molecule has 0 bridgehead atoms. The summed E-state index contributed by atoms with van der Waals surface area (Å²) in [4.78, 5) is 7.61. The average Bonchev–Trinajstić information content (AvgIpc) is 2.56. The summed E-state index contributed by atoms with van der Waals surface area (Å²) < 4.78 is 5.28. The zero-order valence-electron chi connectivity index (χ0n) is 8.39. The summed E-state index contributed by atoms with van der Waals surface area (Å²) in [5.41, 5.74) is 5.79. The van der Waals surface area contributed by atoms with Crippen LogP contribution >= 0.6 is 0 Å². The highest BCUT2D eigenvalue weighted by Crippen LogP contribution is 2.32. The molecular formula is C9H13N3O4. The molecule has 2 heterocycles. The van der Waals surface area contributed by atoms with Crippen molar-refractivity contribution in [1.29, 1.82) is 0 Å². The first-order chi connectivity index (χ1) is 7.63. The number of nitrogens with two attached hydrogens (primary N) is 1. The molecule has 1 saturated heterocycles. The monoisotopic (exact) mass is 227 g/mol. The van der Waals surface area contributed by atoms with Crippen molar-refractivity contribution in [1.82, 2.24) is 9.97 Å². The van der Waals surface area contributed by atoms with Crippen LogP contribution < -0.4 is 5.73 Å². The van der Waals surface area contributed by atoms with Gasteiger partial charge in [-0.25, -0.2) is 9.97 Å². The number of nitrogen functional groups attached to an aromatic ring is 1. The molecule has 0 saturated carbocycles. The highest BCUT2D eigenvalue weighted by Gasteiger charge is 2.43. The Balaban J connectivity index is 2.23. The van der Waals surface area contributed by atoms with Crippen molar-refractivity contribution < 1.29 is 20.1 Å². The molecule has 5 N–H and O–H groups in total. The van der Waals surface area contributed by atoms with E-state index >= 15 is 0 Å². The molecule has 7 heteroatoms. The normalized spacial score (nSPS) is 34.2. The van der Waals surface area contributed by atoms with Gasteiger partial charge in [-0.15, -0.1) is 0 Å². The molecule has 1 aromatic rings. The maximum absolute atomic E-state index is 9.72. The standard InChI is InChI=1S/C9H13N3O4/c10-9-11-2-1-4(12-9)8-7(15)6(14)5(3-13)16-8/h1-2,5-8,13-15H,3H2,(H2,10,11,12)/t5-,6-,7-,8?/m1/s1. The molecule has 1 aromatic heterocycles. The van der Waals surface area contributed by atoms with Gasteiger partial charge in [0.1, 0.15) is 24.4 Å². The molecule has 1 fully saturated rings. The van der Waals surface area contributed by atoms with Crippen molar-refractivity contribution in [3.63, 3.8) is 0 Å². The Labute approximate surface area is 91.5 Å². The van der Waals surface area contributed by atoms with Crippen LogP contribution in [0.1, 0.15) is 11.8 Å². The van der Waals surface area contributed by atoms with Gasteiger partial charge in [0, 0.05) is 6.20 Å². The van der Waals surface area contributed by atoms with Gasteiger partial charge in [-0.05, 0) is 6.07 Å². The lowest BCUT2D eigenvalue weighted by molar-refractivity contribution is -0.0239. The van der Waals surface area contributed by atoms with Gasteiger partial charge in [0.15, 0.2) is 0 Å². The van der Waals surface area contributed by atoms with Crippen molar-refractivity contribution >= 4 is 5.95 Å². The zero-order valence-corrected chi connectivity index (χ0v) is 8.39. The molecule has 1 aliphatic rings. The minimum Gasteiger partial charge on any atom is -0.394 e. The van der Waals surface area contributed by atoms with Crippen molar-refractivity contribution in [3.8, 4) is 0 Å². The lowest BCUT2D eigenvalue weighted by atomic mass is 10.1. The molecule has 0 radical (unpaired) electrons. The smallest absolute Gasteiger partial charge is 0.220 e. The van der Waals surface area contributed by atoms with Crippen LogP contribution in [-0.2, 0) is 4.74 Å². The first-order valence-corrected chi connectivity index (χ1v) is 4.84. The highest BCUT2D eigenvalue weighted by atomic mass is 16.6. The maximum Gasteiger partial charge on any atom is 0.220 e. The number of anilines is 1. The first kappa shape index (κ1) is 11.2. The van der Waals surface area contributed by atoms with Crippen LogP contribution in [0.3, 0.4) is 0 Å². The summed E-state index contributed by atoms with van der Waals surface area (Å²) in [6.45, 7) is -0.366. The number of aliphatic hydroxyl groups is 3. The quantitative estimate of drug-likeness (QED) is 0.470. The number of hydrogen-bond acceptors (Lipinski definition) is 7. The van der Waals surface area contributed by atoms with E-state index in [0.717, 1.165) is 0 Å². The minimum atomic E-state index is -1.13. The maximum atomic E-state index is 9.72. The van der Waals surface area contributed by atoms with Gasteiger partial charge in [0.05, 0.1) is 12.3 Å². The molecule has 1 aliphatic heterocycles. The van der Waals surface area contributed by atoms with E-state index in [9.17, 15) is 10.2 Å². The first-order valence-electron chi connectivity index (χ1n) is 4.84. The third-order valence-electron chi connectivity index (χ3n) is 2.53. The zero-order chi connectivity index (χ0) is 11.7.